The molecule has 3 rings (SSSR count). The number of anilines is 1. The Kier molecular flexibility index (Phi) is 3.22. The summed E-state index contributed by atoms with van der Waals surface area (Å²) in [4.78, 5) is 17.7. The van der Waals surface area contributed by atoms with Crippen LogP contribution in [0.25, 0.3) is 10.2 Å². The monoisotopic (exact) mass is 323 g/mol. The third-order valence-corrected chi connectivity index (χ3v) is 5.70. The van der Waals surface area contributed by atoms with Crippen LogP contribution in [0.4, 0.5) is 5.69 Å². The van der Waals surface area contributed by atoms with Gasteiger partial charge in [0.1, 0.15) is 9.71 Å². The second kappa shape index (κ2) is 4.81. The Bertz CT molecular complexity index is 868. The summed E-state index contributed by atoms with van der Waals surface area (Å²) in [6.45, 7) is 1.86. The van der Waals surface area contributed by atoms with Gasteiger partial charge in [-0.25, -0.2) is 13.4 Å². The lowest BCUT2D eigenvalue weighted by Gasteiger charge is -2.08. The van der Waals surface area contributed by atoms with Crippen molar-refractivity contribution in [1.82, 2.24) is 10.3 Å². The first-order valence-corrected chi connectivity index (χ1v) is 8.76. The highest BCUT2D eigenvalue weighted by Crippen LogP contribution is 2.32. The number of amides is 1. The number of fused-ring (bicyclic) bond motifs is 1. The third-order valence-electron chi connectivity index (χ3n) is 3.19. The fourth-order valence-corrected chi connectivity index (χ4v) is 4.44. The first-order chi connectivity index (χ1) is 9.85. The molecule has 0 aliphatic carbocycles. The zero-order valence-electron chi connectivity index (χ0n) is 11.2. The average molecular weight is 323 g/mol. The second-order valence-corrected chi connectivity index (χ2v) is 7.82. The van der Waals surface area contributed by atoms with E-state index < -0.39 is 15.9 Å². The molecule has 8 heteroatoms. The van der Waals surface area contributed by atoms with Crippen LogP contribution in [0.3, 0.4) is 0 Å². The van der Waals surface area contributed by atoms with Gasteiger partial charge in [-0.3, -0.25) is 4.79 Å². The molecule has 1 aliphatic rings. The molecule has 1 amide bonds. The average Bonchev–Trinajstić information content (AvgIpc) is 2.90. The molecule has 2 aromatic rings. The number of thiophene rings is 1. The lowest BCUT2D eigenvalue weighted by Crippen LogP contribution is -2.35. The van der Waals surface area contributed by atoms with E-state index in [4.69, 9.17) is 5.73 Å². The summed E-state index contributed by atoms with van der Waals surface area (Å²) in [6.07, 6.45) is 1.47. The van der Waals surface area contributed by atoms with E-state index in [2.05, 4.69) is 10.3 Å². The summed E-state index contributed by atoms with van der Waals surface area (Å²) in [6, 6.07) is 3.15. The predicted molar refractivity (Wildman–Crippen MR) is 83.0 cm³/mol. The van der Waals surface area contributed by atoms with Gasteiger partial charge in [0.2, 0.25) is 0 Å². The smallest absolute Gasteiger partial charge is 0.264 e. The van der Waals surface area contributed by atoms with Crippen LogP contribution in [0.1, 0.15) is 15.4 Å². The molecule has 0 saturated carbocycles. The van der Waals surface area contributed by atoms with Gasteiger partial charge in [-0.15, -0.1) is 11.3 Å². The molecule has 0 bridgehead atoms. The number of rotatable bonds is 2. The van der Waals surface area contributed by atoms with Gasteiger partial charge in [-0.2, -0.15) is 0 Å². The summed E-state index contributed by atoms with van der Waals surface area (Å²) in [7, 11) is -3.20. The topological polar surface area (TPSA) is 102 Å². The quantitative estimate of drug-likeness (QED) is 0.865. The van der Waals surface area contributed by atoms with Gasteiger partial charge in [-0.1, -0.05) is 0 Å². The van der Waals surface area contributed by atoms with Crippen molar-refractivity contribution >= 4 is 43.0 Å². The fourth-order valence-electron chi connectivity index (χ4n) is 2.16. The molecule has 1 aliphatic heterocycles. The molecule has 6 nitrogen and oxygen atoms in total. The number of nitrogens with zero attached hydrogens (tertiary/aromatic N) is 1. The number of carbonyl (C=O) groups excluding carboxylic acids is 1. The molecule has 3 heterocycles. The zero-order valence-corrected chi connectivity index (χ0v) is 12.8. The summed E-state index contributed by atoms with van der Waals surface area (Å²) in [5.74, 6) is -0.485. The van der Waals surface area contributed by atoms with Crippen LogP contribution < -0.4 is 11.1 Å². The van der Waals surface area contributed by atoms with Gasteiger partial charge in [0.15, 0.2) is 9.84 Å². The van der Waals surface area contributed by atoms with E-state index >= 15 is 0 Å². The summed E-state index contributed by atoms with van der Waals surface area (Å²) >= 11 is 1.21. The lowest BCUT2D eigenvalue weighted by atomic mass is 10.2. The largest absolute Gasteiger partial charge is 0.397 e. The van der Waals surface area contributed by atoms with E-state index in [1.807, 2.05) is 19.1 Å². The van der Waals surface area contributed by atoms with Gasteiger partial charge in [0, 0.05) is 16.5 Å². The van der Waals surface area contributed by atoms with Crippen LogP contribution in [-0.4, -0.2) is 31.1 Å². The Labute approximate surface area is 125 Å². The van der Waals surface area contributed by atoms with Gasteiger partial charge < -0.3 is 11.1 Å². The predicted octanol–water partition coefficient (Wildman–Crippen LogP) is 1.23. The molecule has 0 spiro atoms. The highest BCUT2D eigenvalue weighted by Gasteiger charge is 2.25. The Hall–Kier alpha value is -1.93. The van der Waals surface area contributed by atoms with E-state index in [1.54, 1.807) is 0 Å². The van der Waals surface area contributed by atoms with Crippen LogP contribution in [0, 0.1) is 6.92 Å². The fraction of sp³-hybridized carbons (Fsp3) is 0.231. The molecule has 1 unspecified atom stereocenters. The Balaban J connectivity index is 1.89. The summed E-state index contributed by atoms with van der Waals surface area (Å²) in [5.41, 5.74) is 7.22. The minimum Gasteiger partial charge on any atom is -0.397 e. The minimum atomic E-state index is -3.20. The summed E-state index contributed by atoms with van der Waals surface area (Å²) < 4.78 is 22.7. The number of hydrogen-bond donors (Lipinski definition) is 2. The molecule has 0 radical (unpaired) electrons. The number of carbonyl (C=O) groups is 1. The van der Waals surface area contributed by atoms with Gasteiger partial charge >= 0.3 is 0 Å². The maximum absolute atomic E-state index is 12.2. The SMILES string of the molecule is Cc1ccc2c(N)c(C(=O)NC3C=CS(=O)(=O)C3)sc2n1. The lowest BCUT2D eigenvalue weighted by molar-refractivity contribution is 0.0952. The zero-order chi connectivity index (χ0) is 15.2. The van der Waals surface area contributed by atoms with E-state index in [1.165, 1.54) is 17.4 Å². The highest BCUT2D eigenvalue weighted by atomic mass is 32.2. The van der Waals surface area contributed by atoms with Crippen LogP contribution in [0.2, 0.25) is 0 Å². The van der Waals surface area contributed by atoms with E-state index in [0.29, 0.717) is 15.4 Å². The van der Waals surface area contributed by atoms with Crippen LogP contribution in [-0.2, 0) is 9.84 Å². The molecular weight excluding hydrogens is 310 g/mol. The molecule has 0 aromatic carbocycles. The minimum absolute atomic E-state index is 0.110. The van der Waals surface area contributed by atoms with Crippen LogP contribution in [0.5, 0.6) is 0 Å². The van der Waals surface area contributed by atoms with Crippen LogP contribution >= 0.6 is 11.3 Å². The van der Waals surface area contributed by atoms with Crippen molar-refractivity contribution in [3.8, 4) is 0 Å². The first-order valence-electron chi connectivity index (χ1n) is 6.23. The number of aryl methyl sites for hydroxylation is 1. The van der Waals surface area contributed by atoms with Crippen molar-refractivity contribution in [3.63, 3.8) is 0 Å². The second-order valence-electron chi connectivity index (χ2n) is 4.89. The normalized spacial score (nSPS) is 20.0. The number of nitrogens with two attached hydrogens (primary N) is 1. The maximum atomic E-state index is 12.2. The molecular formula is C13H13N3O3S2. The van der Waals surface area contributed by atoms with Crippen molar-refractivity contribution in [3.05, 3.63) is 34.2 Å². The number of hydrogen-bond acceptors (Lipinski definition) is 6. The van der Waals surface area contributed by atoms with E-state index in [0.717, 1.165) is 16.5 Å². The molecule has 0 saturated heterocycles. The van der Waals surface area contributed by atoms with Gasteiger partial charge in [0.25, 0.3) is 5.91 Å². The Morgan fingerprint density at radius 3 is 2.90 bits per heavy atom. The number of aromatic nitrogens is 1. The number of nitrogens with one attached hydrogen (secondary N) is 1. The van der Waals surface area contributed by atoms with E-state index in [-0.39, 0.29) is 11.7 Å². The number of pyridine rings is 1. The van der Waals surface area contributed by atoms with Crippen molar-refractivity contribution in [2.24, 2.45) is 0 Å². The Morgan fingerprint density at radius 1 is 1.48 bits per heavy atom. The molecule has 1 atom stereocenters. The highest BCUT2D eigenvalue weighted by molar-refractivity contribution is 7.94. The Morgan fingerprint density at radius 2 is 2.24 bits per heavy atom. The molecule has 21 heavy (non-hydrogen) atoms. The van der Waals surface area contributed by atoms with Crippen molar-refractivity contribution in [2.45, 2.75) is 13.0 Å². The third kappa shape index (κ3) is 2.64. The summed E-state index contributed by atoms with van der Waals surface area (Å²) in [5, 5.41) is 4.53. The van der Waals surface area contributed by atoms with Crippen molar-refractivity contribution in [1.29, 1.82) is 0 Å². The van der Waals surface area contributed by atoms with Gasteiger partial charge in [-0.05, 0) is 25.1 Å². The van der Waals surface area contributed by atoms with Gasteiger partial charge in [0.05, 0.1) is 17.5 Å². The van der Waals surface area contributed by atoms with Crippen molar-refractivity contribution in [2.75, 3.05) is 11.5 Å². The molecule has 0 fully saturated rings. The molecule has 3 N–H and O–H groups in total. The maximum Gasteiger partial charge on any atom is 0.264 e. The van der Waals surface area contributed by atoms with E-state index in [9.17, 15) is 13.2 Å². The van der Waals surface area contributed by atoms with Crippen molar-refractivity contribution < 1.29 is 13.2 Å². The standard InChI is InChI=1S/C13H13N3O3S2/c1-7-2-3-9-10(14)11(20-13(9)15-7)12(17)16-8-4-5-21(18,19)6-8/h2-5,8H,6,14H2,1H3,(H,16,17). The van der Waals surface area contributed by atoms with Crippen LogP contribution in [0.15, 0.2) is 23.6 Å². The molecule has 2 aromatic heterocycles. The number of sulfone groups is 1. The number of nitrogen functional groups attached to an aromatic ring is 1. The molecule has 110 valence electrons. The first kappa shape index (κ1) is 14.0.